The Morgan fingerprint density at radius 3 is 2.91 bits per heavy atom. The maximum atomic E-state index is 12.2. The van der Waals surface area contributed by atoms with Crippen LogP contribution in [0.2, 0.25) is 0 Å². The van der Waals surface area contributed by atoms with Crippen molar-refractivity contribution in [2.45, 2.75) is 32.7 Å². The molecule has 1 aromatic heterocycles. The number of fused-ring (bicyclic) bond motifs is 1. The molecular weight excluding hydrogens is 276 g/mol. The van der Waals surface area contributed by atoms with Gasteiger partial charge in [0.05, 0.1) is 5.69 Å². The smallest absolute Gasteiger partial charge is 0.225 e. The van der Waals surface area contributed by atoms with E-state index in [2.05, 4.69) is 46.9 Å². The van der Waals surface area contributed by atoms with Crippen LogP contribution >= 0.6 is 0 Å². The predicted molar refractivity (Wildman–Crippen MR) is 86.7 cm³/mol. The van der Waals surface area contributed by atoms with Crippen LogP contribution in [0, 0.1) is 6.92 Å². The summed E-state index contributed by atoms with van der Waals surface area (Å²) in [5.41, 5.74) is 4.64. The summed E-state index contributed by atoms with van der Waals surface area (Å²) in [6.45, 7) is 3.79. The minimum atomic E-state index is 0.0388. The lowest BCUT2D eigenvalue weighted by Crippen LogP contribution is -2.24. The van der Waals surface area contributed by atoms with E-state index in [9.17, 15) is 4.79 Å². The molecule has 116 valence electrons. The highest BCUT2D eigenvalue weighted by molar-refractivity contribution is 5.90. The molecule has 5 nitrogen and oxygen atoms in total. The van der Waals surface area contributed by atoms with E-state index < -0.39 is 0 Å². The Morgan fingerprint density at radius 2 is 2.14 bits per heavy atom. The quantitative estimate of drug-likeness (QED) is 0.907. The van der Waals surface area contributed by atoms with Gasteiger partial charge in [-0.25, -0.2) is 0 Å². The molecule has 0 saturated carbocycles. The molecule has 0 fully saturated rings. The standard InChI is InChI=1S/C17H22N4O/c1-12-3-5-13(6-4-12)7-8-16(22)19-17-14-11-18-10-9-15(14)20-21(17)2/h3-6,18H,7-11H2,1-2H3,(H,19,22). The third-order valence-corrected chi connectivity index (χ3v) is 4.09. The average Bonchev–Trinajstić information content (AvgIpc) is 2.83. The number of carbonyl (C=O) groups excluding carboxylic acids is 1. The van der Waals surface area contributed by atoms with Gasteiger partial charge in [0.1, 0.15) is 5.82 Å². The van der Waals surface area contributed by atoms with Gasteiger partial charge in [-0.15, -0.1) is 0 Å². The summed E-state index contributed by atoms with van der Waals surface area (Å²) < 4.78 is 1.78. The van der Waals surface area contributed by atoms with Crippen molar-refractivity contribution >= 4 is 11.7 Å². The maximum Gasteiger partial charge on any atom is 0.225 e. The van der Waals surface area contributed by atoms with E-state index >= 15 is 0 Å². The molecule has 0 spiro atoms. The van der Waals surface area contributed by atoms with Gasteiger partial charge in [-0.1, -0.05) is 29.8 Å². The monoisotopic (exact) mass is 298 g/mol. The Bertz CT molecular complexity index is 673. The third-order valence-electron chi connectivity index (χ3n) is 4.09. The molecular formula is C17H22N4O. The van der Waals surface area contributed by atoms with Crippen molar-refractivity contribution in [2.75, 3.05) is 11.9 Å². The zero-order valence-corrected chi connectivity index (χ0v) is 13.1. The Hall–Kier alpha value is -2.14. The largest absolute Gasteiger partial charge is 0.312 e. The molecule has 2 aromatic rings. The summed E-state index contributed by atoms with van der Waals surface area (Å²) in [5.74, 6) is 0.869. The number of rotatable bonds is 4. The summed E-state index contributed by atoms with van der Waals surface area (Å²) in [7, 11) is 1.88. The third kappa shape index (κ3) is 3.20. The number of amides is 1. The zero-order chi connectivity index (χ0) is 15.5. The summed E-state index contributed by atoms with van der Waals surface area (Å²) in [4.78, 5) is 12.2. The van der Waals surface area contributed by atoms with E-state index in [0.29, 0.717) is 6.42 Å². The van der Waals surface area contributed by atoms with Crippen molar-refractivity contribution in [1.82, 2.24) is 15.1 Å². The number of hydrogen-bond acceptors (Lipinski definition) is 3. The normalized spacial score (nSPS) is 13.7. The van der Waals surface area contributed by atoms with Gasteiger partial charge in [0.2, 0.25) is 5.91 Å². The zero-order valence-electron chi connectivity index (χ0n) is 13.1. The van der Waals surface area contributed by atoms with Gasteiger partial charge < -0.3 is 10.6 Å². The molecule has 2 heterocycles. The van der Waals surface area contributed by atoms with E-state index in [0.717, 1.165) is 43.0 Å². The second kappa shape index (κ2) is 6.32. The minimum Gasteiger partial charge on any atom is -0.312 e. The van der Waals surface area contributed by atoms with Gasteiger partial charge in [0.25, 0.3) is 0 Å². The molecule has 0 bridgehead atoms. The molecule has 3 rings (SSSR count). The van der Waals surface area contributed by atoms with Crippen LogP contribution in [0.4, 0.5) is 5.82 Å². The average molecular weight is 298 g/mol. The van der Waals surface area contributed by atoms with Gasteiger partial charge >= 0.3 is 0 Å². The number of anilines is 1. The molecule has 5 heteroatoms. The molecule has 0 atom stereocenters. The molecule has 1 aromatic carbocycles. The Labute approximate surface area is 130 Å². The van der Waals surface area contributed by atoms with Gasteiger partial charge in [-0.2, -0.15) is 5.10 Å². The topological polar surface area (TPSA) is 59.0 Å². The van der Waals surface area contributed by atoms with Crippen molar-refractivity contribution in [1.29, 1.82) is 0 Å². The molecule has 0 saturated heterocycles. The second-order valence-electron chi connectivity index (χ2n) is 5.86. The van der Waals surface area contributed by atoms with E-state index in [1.165, 1.54) is 11.1 Å². The fourth-order valence-electron chi connectivity index (χ4n) is 2.79. The van der Waals surface area contributed by atoms with Crippen LogP contribution in [0.15, 0.2) is 24.3 Å². The molecule has 1 aliphatic rings. The summed E-state index contributed by atoms with van der Waals surface area (Å²) in [6, 6.07) is 8.32. The fourth-order valence-corrected chi connectivity index (χ4v) is 2.79. The number of carbonyl (C=O) groups is 1. The molecule has 1 aliphatic heterocycles. The van der Waals surface area contributed by atoms with Crippen molar-refractivity contribution in [3.05, 3.63) is 46.6 Å². The van der Waals surface area contributed by atoms with Crippen molar-refractivity contribution in [3.8, 4) is 0 Å². The first-order valence-electron chi connectivity index (χ1n) is 7.74. The number of aryl methyl sites for hydroxylation is 3. The van der Waals surface area contributed by atoms with E-state index in [1.807, 2.05) is 7.05 Å². The van der Waals surface area contributed by atoms with Gasteiger partial charge in [0.15, 0.2) is 0 Å². The van der Waals surface area contributed by atoms with E-state index in [1.54, 1.807) is 4.68 Å². The van der Waals surface area contributed by atoms with Gasteiger partial charge in [-0.3, -0.25) is 9.48 Å². The first-order chi connectivity index (χ1) is 10.6. The van der Waals surface area contributed by atoms with Crippen molar-refractivity contribution in [2.24, 2.45) is 7.05 Å². The summed E-state index contributed by atoms with van der Waals surface area (Å²) in [6.07, 6.45) is 2.16. The van der Waals surface area contributed by atoms with Crippen molar-refractivity contribution in [3.63, 3.8) is 0 Å². The number of nitrogens with zero attached hydrogens (tertiary/aromatic N) is 2. The van der Waals surface area contributed by atoms with Crippen LogP contribution in [0.1, 0.15) is 28.8 Å². The van der Waals surface area contributed by atoms with Crippen LogP contribution in [0.5, 0.6) is 0 Å². The molecule has 0 unspecified atom stereocenters. The summed E-state index contributed by atoms with van der Waals surface area (Å²) >= 11 is 0. The van der Waals surface area contributed by atoms with Crippen molar-refractivity contribution < 1.29 is 4.79 Å². The highest BCUT2D eigenvalue weighted by atomic mass is 16.1. The number of hydrogen-bond donors (Lipinski definition) is 2. The van der Waals surface area contributed by atoms with Crippen LogP contribution in [-0.2, 0) is 31.2 Å². The van der Waals surface area contributed by atoms with E-state index in [4.69, 9.17) is 0 Å². The number of benzene rings is 1. The van der Waals surface area contributed by atoms with Crippen LogP contribution in [0.25, 0.3) is 0 Å². The van der Waals surface area contributed by atoms with Crippen LogP contribution < -0.4 is 10.6 Å². The SMILES string of the molecule is Cc1ccc(CCC(=O)Nc2c3c(nn2C)CCNC3)cc1. The maximum absolute atomic E-state index is 12.2. The minimum absolute atomic E-state index is 0.0388. The van der Waals surface area contributed by atoms with Gasteiger partial charge in [0, 0.05) is 38.5 Å². The lowest BCUT2D eigenvalue weighted by Gasteiger charge is -2.13. The highest BCUT2D eigenvalue weighted by Gasteiger charge is 2.20. The first kappa shape index (κ1) is 14.8. The molecule has 0 radical (unpaired) electrons. The summed E-state index contributed by atoms with van der Waals surface area (Å²) in [5, 5.41) is 10.8. The fraction of sp³-hybridized carbons (Fsp3) is 0.412. The first-order valence-corrected chi connectivity index (χ1v) is 7.74. The second-order valence-corrected chi connectivity index (χ2v) is 5.86. The Kier molecular flexibility index (Phi) is 4.24. The highest BCUT2D eigenvalue weighted by Crippen LogP contribution is 2.22. The predicted octanol–water partition coefficient (Wildman–Crippen LogP) is 1.95. The lowest BCUT2D eigenvalue weighted by atomic mass is 10.1. The lowest BCUT2D eigenvalue weighted by molar-refractivity contribution is -0.116. The molecule has 0 aliphatic carbocycles. The number of aromatic nitrogens is 2. The van der Waals surface area contributed by atoms with Crippen LogP contribution in [-0.4, -0.2) is 22.2 Å². The van der Waals surface area contributed by atoms with Gasteiger partial charge in [-0.05, 0) is 18.9 Å². The Balaban J connectivity index is 1.62. The Morgan fingerprint density at radius 1 is 1.36 bits per heavy atom. The molecule has 1 amide bonds. The number of nitrogens with one attached hydrogen (secondary N) is 2. The molecule has 22 heavy (non-hydrogen) atoms. The van der Waals surface area contributed by atoms with E-state index in [-0.39, 0.29) is 5.91 Å². The molecule has 2 N–H and O–H groups in total. The van der Waals surface area contributed by atoms with Crippen LogP contribution in [0.3, 0.4) is 0 Å².